The third-order valence-corrected chi connectivity index (χ3v) is 5.50. The van der Waals surface area contributed by atoms with E-state index in [1.165, 1.54) is 0 Å². The maximum atomic E-state index is 12.2. The molecule has 24 heavy (non-hydrogen) atoms. The number of carbonyl (C=O) groups is 2. The van der Waals surface area contributed by atoms with Crippen molar-refractivity contribution >= 4 is 23.6 Å². The van der Waals surface area contributed by atoms with E-state index in [0.29, 0.717) is 23.9 Å². The predicted molar refractivity (Wildman–Crippen MR) is 91.4 cm³/mol. The van der Waals surface area contributed by atoms with Gasteiger partial charge in [-0.3, -0.25) is 9.59 Å². The van der Waals surface area contributed by atoms with Crippen molar-refractivity contribution in [3.8, 4) is 0 Å². The molecule has 1 saturated carbocycles. The fourth-order valence-corrected chi connectivity index (χ4v) is 3.96. The summed E-state index contributed by atoms with van der Waals surface area (Å²) in [4.78, 5) is 26.1. The lowest BCUT2D eigenvalue weighted by molar-refractivity contribution is -0.128. The molecule has 2 amide bonds. The van der Waals surface area contributed by atoms with E-state index in [9.17, 15) is 9.59 Å². The van der Waals surface area contributed by atoms with Crippen LogP contribution in [-0.4, -0.2) is 28.5 Å². The highest BCUT2D eigenvalue weighted by molar-refractivity contribution is 8.00. The normalized spacial score (nSPS) is 20.4. The first-order valence-corrected chi connectivity index (χ1v) is 9.10. The molecule has 0 spiro atoms. The zero-order chi connectivity index (χ0) is 16.5. The van der Waals surface area contributed by atoms with Crippen molar-refractivity contribution in [2.75, 3.05) is 5.75 Å². The molecule has 1 atom stereocenters. The van der Waals surface area contributed by atoms with Crippen LogP contribution in [0.1, 0.15) is 39.9 Å². The van der Waals surface area contributed by atoms with Gasteiger partial charge in [-0.1, -0.05) is 12.1 Å². The second-order valence-corrected chi connectivity index (χ2v) is 7.20. The number of nitrogens with one attached hydrogen (secondary N) is 1. The summed E-state index contributed by atoms with van der Waals surface area (Å²) in [5.74, 6) is 1.33. The van der Waals surface area contributed by atoms with Gasteiger partial charge in [0.25, 0.3) is 5.91 Å². The SMILES string of the molecule is O=C(NC1CC1)c1ccc([C@H]2SCC(=O)N2Cc2ccco2)cc1. The summed E-state index contributed by atoms with van der Waals surface area (Å²) in [5.41, 5.74) is 1.69. The molecule has 1 aliphatic heterocycles. The van der Waals surface area contributed by atoms with Gasteiger partial charge in [-0.2, -0.15) is 0 Å². The Bertz CT molecular complexity index is 738. The van der Waals surface area contributed by atoms with Gasteiger partial charge >= 0.3 is 0 Å². The van der Waals surface area contributed by atoms with Crippen molar-refractivity contribution in [2.45, 2.75) is 30.8 Å². The number of nitrogens with zero attached hydrogens (tertiary/aromatic N) is 1. The monoisotopic (exact) mass is 342 g/mol. The van der Waals surface area contributed by atoms with Crippen molar-refractivity contribution in [2.24, 2.45) is 0 Å². The van der Waals surface area contributed by atoms with E-state index in [2.05, 4.69) is 5.32 Å². The van der Waals surface area contributed by atoms with E-state index < -0.39 is 0 Å². The van der Waals surface area contributed by atoms with Crippen LogP contribution in [0.25, 0.3) is 0 Å². The van der Waals surface area contributed by atoms with E-state index in [4.69, 9.17) is 4.42 Å². The van der Waals surface area contributed by atoms with Gasteiger partial charge in [0.05, 0.1) is 18.6 Å². The van der Waals surface area contributed by atoms with Crippen molar-refractivity contribution in [1.82, 2.24) is 10.2 Å². The summed E-state index contributed by atoms with van der Waals surface area (Å²) in [5, 5.41) is 2.94. The number of benzene rings is 1. The second-order valence-electron chi connectivity index (χ2n) is 6.13. The van der Waals surface area contributed by atoms with Gasteiger partial charge < -0.3 is 14.6 Å². The standard InChI is InChI=1S/C18H18N2O3S/c21-16-11-24-18(20(16)10-15-2-1-9-23-15)13-5-3-12(4-6-13)17(22)19-14-7-8-14/h1-6,9,14,18H,7-8,10-11H2,(H,19,22)/t18-/m1/s1. The van der Waals surface area contributed by atoms with Crippen LogP contribution in [0, 0.1) is 0 Å². The van der Waals surface area contributed by atoms with Gasteiger partial charge in [-0.15, -0.1) is 11.8 Å². The first-order valence-electron chi connectivity index (χ1n) is 8.05. The van der Waals surface area contributed by atoms with Crippen LogP contribution in [0.4, 0.5) is 0 Å². The fraction of sp³-hybridized carbons (Fsp3) is 0.333. The Kier molecular flexibility index (Phi) is 4.06. The Morgan fingerprint density at radius 3 is 2.71 bits per heavy atom. The Labute approximate surface area is 144 Å². The molecule has 0 unspecified atom stereocenters. The molecule has 1 N–H and O–H groups in total. The van der Waals surface area contributed by atoms with Gasteiger partial charge in [0.2, 0.25) is 5.91 Å². The van der Waals surface area contributed by atoms with Crippen LogP contribution < -0.4 is 5.32 Å². The molecular formula is C18H18N2O3S. The van der Waals surface area contributed by atoms with Crippen molar-refractivity contribution in [1.29, 1.82) is 0 Å². The van der Waals surface area contributed by atoms with Crippen molar-refractivity contribution < 1.29 is 14.0 Å². The summed E-state index contributed by atoms with van der Waals surface area (Å²) in [6.45, 7) is 0.466. The van der Waals surface area contributed by atoms with E-state index in [1.807, 2.05) is 41.3 Å². The number of carbonyl (C=O) groups excluding carboxylic acids is 2. The molecule has 0 radical (unpaired) electrons. The molecule has 1 aliphatic carbocycles. The molecule has 1 aromatic heterocycles. The van der Waals surface area contributed by atoms with E-state index in [0.717, 1.165) is 24.2 Å². The number of thioether (sulfide) groups is 1. The molecule has 2 aromatic rings. The third-order valence-electron chi connectivity index (χ3n) is 4.24. The zero-order valence-corrected chi connectivity index (χ0v) is 13.9. The highest BCUT2D eigenvalue weighted by atomic mass is 32.2. The molecule has 2 aliphatic rings. The van der Waals surface area contributed by atoms with Crippen LogP contribution in [0.3, 0.4) is 0 Å². The second kappa shape index (κ2) is 6.36. The van der Waals surface area contributed by atoms with Gasteiger partial charge in [0, 0.05) is 11.6 Å². The lowest BCUT2D eigenvalue weighted by Gasteiger charge is -2.23. The molecule has 4 rings (SSSR count). The van der Waals surface area contributed by atoms with Crippen LogP contribution in [0.2, 0.25) is 0 Å². The fourth-order valence-electron chi connectivity index (χ4n) is 2.77. The molecule has 1 saturated heterocycles. The third kappa shape index (κ3) is 3.19. The lowest BCUT2D eigenvalue weighted by atomic mass is 10.1. The lowest BCUT2D eigenvalue weighted by Crippen LogP contribution is -2.27. The summed E-state index contributed by atoms with van der Waals surface area (Å²) < 4.78 is 5.37. The first kappa shape index (κ1) is 15.3. The van der Waals surface area contributed by atoms with Crippen LogP contribution in [0.15, 0.2) is 47.1 Å². The molecular weight excluding hydrogens is 324 g/mol. The maximum Gasteiger partial charge on any atom is 0.251 e. The minimum Gasteiger partial charge on any atom is -0.467 e. The predicted octanol–water partition coefficient (Wildman–Crippen LogP) is 2.95. The van der Waals surface area contributed by atoms with Crippen LogP contribution >= 0.6 is 11.8 Å². The van der Waals surface area contributed by atoms with E-state index >= 15 is 0 Å². The van der Waals surface area contributed by atoms with Crippen LogP contribution in [-0.2, 0) is 11.3 Å². The Balaban J connectivity index is 1.49. The van der Waals surface area contributed by atoms with Crippen molar-refractivity contribution in [3.63, 3.8) is 0 Å². The average Bonchev–Trinajstić information content (AvgIpc) is 3.12. The highest BCUT2D eigenvalue weighted by Gasteiger charge is 2.33. The van der Waals surface area contributed by atoms with Gasteiger partial charge in [-0.25, -0.2) is 0 Å². The molecule has 5 nitrogen and oxygen atoms in total. The Morgan fingerprint density at radius 2 is 2.04 bits per heavy atom. The molecule has 124 valence electrons. The van der Waals surface area contributed by atoms with Crippen molar-refractivity contribution in [3.05, 3.63) is 59.5 Å². The number of amides is 2. The Hall–Kier alpha value is -2.21. The highest BCUT2D eigenvalue weighted by Crippen LogP contribution is 2.39. The summed E-state index contributed by atoms with van der Waals surface area (Å²) in [6.07, 6.45) is 3.77. The molecule has 1 aromatic carbocycles. The van der Waals surface area contributed by atoms with E-state index in [-0.39, 0.29) is 17.2 Å². The molecule has 0 bridgehead atoms. The number of furan rings is 1. The summed E-state index contributed by atoms with van der Waals surface area (Å²) in [6, 6.07) is 11.6. The van der Waals surface area contributed by atoms with Gasteiger partial charge in [0.1, 0.15) is 11.1 Å². The minimum atomic E-state index is -0.0388. The van der Waals surface area contributed by atoms with Gasteiger partial charge in [-0.05, 0) is 42.7 Å². The number of hydrogen-bond donors (Lipinski definition) is 1. The zero-order valence-electron chi connectivity index (χ0n) is 13.1. The molecule has 2 fully saturated rings. The van der Waals surface area contributed by atoms with E-state index in [1.54, 1.807) is 18.0 Å². The first-order chi connectivity index (χ1) is 11.7. The Morgan fingerprint density at radius 1 is 1.25 bits per heavy atom. The smallest absolute Gasteiger partial charge is 0.251 e. The quantitative estimate of drug-likeness (QED) is 0.907. The van der Waals surface area contributed by atoms with Gasteiger partial charge in [0.15, 0.2) is 0 Å². The molecule has 6 heteroatoms. The largest absolute Gasteiger partial charge is 0.467 e. The van der Waals surface area contributed by atoms with Crippen LogP contribution in [0.5, 0.6) is 0 Å². The maximum absolute atomic E-state index is 12.2. The molecule has 2 heterocycles. The summed E-state index contributed by atoms with van der Waals surface area (Å²) >= 11 is 1.60. The number of rotatable bonds is 5. The topological polar surface area (TPSA) is 62.6 Å². The average molecular weight is 342 g/mol. The minimum absolute atomic E-state index is 0.0216. The number of hydrogen-bond acceptors (Lipinski definition) is 4. The summed E-state index contributed by atoms with van der Waals surface area (Å²) in [7, 11) is 0.